The molecule has 2 aromatic carbocycles. The zero-order valence-electron chi connectivity index (χ0n) is 25.6. The maximum absolute atomic E-state index is 16.3. The molecule has 0 radical (unpaired) electrons. The Balaban J connectivity index is 0.000000389. The molecule has 3 saturated heterocycles. The van der Waals surface area contributed by atoms with Gasteiger partial charge in [-0.2, -0.15) is 5.26 Å². The van der Waals surface area contributed by atoms with Crippen molar-refractivity contribution >= 4 is 50.9 Å². The third-order valence-electron chi connectivity index (χ3n) is 9.58. The monoisotopic (exact) mass is 649 g/mol. The fraction of sp³-hybridized carbons (Fsp3) is 0.457. The van der Waals surface area contributed by atoms with Crippen molar-refractivity contribution in [1.29, 1.82) is 5.26 Å². The highest BCUT2D eigenvalue weighted by Gasteiger charge is 2.39. The van der Waals surface area contributed by atoms with Crippen LogP contribution in [-0.4, -0.2) is 52.1 Å². The van der Waals surface area contributed by atoms with Crippen molar-refractivity contribution in [2.75, 3.05) is 20.2 Å². The molecule has 5 aliphatic rings. The minimum Gasteiger partial charge on any atom is -0.400 e. The van der Waals surface area contributed by atoms with E-state index >= 15 is 4.39 Å². The van der Waals surface area contributed by atoms with Gasteiger partial charge in [0.25, 0.3) is 0 Å². The molecular weight excluding hydrogens is 612 g/mol. The van der Waals surface area contributed by atoms with Crippen LogP contribution in [-0.2, 0) is 11.2 Å². The Morgan fingerprint density at radius 1 is 1.18 bits per heavy atom. The normalized spacial score (nSPS) is 21.5. The second kappa shape index (κ2) is 13.3. The molecule has 1 unspecified atom stereocenters. The molecule has 0 spiro atoms. The van der Waals surface area contributed by atoms with Crippen LogP contribution in [0, 0.1) is 35.9 Å². The molecule has 45 heavy (non-hydrogen) atoms. The number of fused-ring (bicyclic) bond motifs is 4. The lowest BCUT2D eigenvalue weighted by atomic mass is 9.87. The Labute approximate surface area is 272 Å². The van der Waals surface area contributed by atoms with Crippen LogP contribution in [0.25, 0.3) is 32.9 Å². The van der Waals surface area contributed by atoms with E-state index in [9.17, 15) is 10.1 Å². The number of amides is 1. The van der Waals surface area contributed by atoms with Crippen LogP contribution in [0.15, 0.2) is 30.3 Å². The summed E-state index contributed by atoms with van der Waals surface area (Å²) >= 11 is 12.8. The average molecular weight is 651 g/mol. The van der Waals surface area contributed by atoms with Crippen LogP contribution in [0.5, 0.6) is 0 Å². The molecule has 2 aromatic heterocycles. The number of aryl methyl sites for hydroxylation is 2. The highest BCUT2D eigenvalue weighted by molar-refractivity contribution is 6.43. The number of halogens is 3. The smallest absolute Gasteiger partial charge is 0.226 e. The van der Waals surface area contributed by atoms with Gasteiger partial charge < -0.3 is 20.3 Å². The molecular formula is C35H38Cl2FN5O2. The van der Waals surface area contributed by atoms with E-state index in [1.54, 1.807) is 18.2 Å². The molecule has 3 N–H and O–H groups in total. The van der Waals surface area contributed by atoms with Crippen LogP contribution in [0.2, 0.25) is 10.0 Å². The summed E-state index contributed by atoms with van der Waals surface area (Å²) < 4.78 is 16.3. The highest BCUT2D eigenvalue weighted by Crippen LogP contribution is 2.43. The summed E-state index contributed by atoms with van der Waals surface area (Å²) in [6.45, 7) is 3.95. The molecule has 3 aliphatic heterocycles. The molecule has 5 heterocycles. The standard InChI is InChI=1S/C29H25Cl2FN4O.C5H9N.CH4O/c1-15-19-14-22(23-8-4-12-36(23)29(37)16-9-10-16)35-27(19)20-13-17(5-3-11-33)24(26(32)28(20)34-15)18-6-2-7-21(30)25(18)31;1-4-2-5(1)6-3-4;1-2/h2,6-7,13-14,16,23,35H,3-5,8-10,12H2,1H3;4-6H,1-3H2;2H,1H3. The van der Waals surface area contributed by atoms with Gasteiger partial charge in [-0.05, 0) is 88.1 Å². The predicted molar refractivity (Wildman–Crippen MR) is 177 cm³/mol. The summed E-state index contributed by atoms with van der Waals surface area (Å²) in [4.78, 5) is 23.1. The van der Waals surface area contributed by atoms with E-state index in [0.29, 0.717) is 39.2 Å². The third-order valence-corrected chi connectivity index (χ3v) is 10.4. The van der Waals surface area contributed by atoms with Crippen molar-refractivity contribution in [3.63, 3.8) is 0 Å². The zero-order chi connectivity index (χ0) is 31.8. The number of aromatic nitrogens is 2. The van der Waals surface area contributed by atoms with E-state index < -0.39 is 5.82 Å². The first kappa shape index (κ1) is 31.7. The number of rotatable bonds is 5. The van der Waals surface area contributed by atoms with Crippen LogP contribution in [0.1, 0.15) is 67.9 Å². The lowest BCUT2D eigenvalue weighted by Gasteiger charge is -2.24. The first-order valence-corrected chi connectivity index (χ1v) is 16.5. The van der Waals surface area contributed by atoms with Gasteiger partial charge in [0.2, 0.25) is 5.91 Å². The third kappa shape index (κ3) is 6.04. The lowest BCUT2D eigenvalue weighted by Crippen LogP contribution is -2.31. The number of benzene rings is 2. The summed E-state index contributed by atoms with van der Waals surface area (Å²) in [5, 5.41) is 21.8. The topological polar surface area (TPSA) is 105 Å². The van der Waals surface area contributed by atoms with Gasteiger partial charge in [0.15, 0.2) is 5.82 Å². The summed E-state index contributed by atoms with van der Waals surface area (Å²) in [6, 6.07) is 12.2. The highest BCUT2D eigenvalue weighted by atomic mass is 35.5. The molecule has 2 aliphatic carbocycles. The number of likely N-dealkylation sites (tertiary alicyclic amines) is 1. The van der Waals surface area contributed by atoms with Gasteiger partial charge in [-0.1, -0.05) is 35.3 Å². The van der Waals surface area contributed by atoms with Crippen molar-refractivity contribution in [2.24, 2.45) is 11.8 Å². The molecule has 2 saturated carbocycles. The fourth-order valence-electron chi connectivity index (χ4n) is 7.07. The molecule has 1 amide bonds. The number of carbonyl (C=O) groups is 1. The molecule has 7 nitrogen and oxygen atoms in total. The predicted octanol–water partition coefficient (Wildman–Crippen LogP) is 7.64. The van der Waals surface area contributed by atoms with Crippen molar-refractivity contribution in [3.05, 3.63) is 63.1 Å². The van der Waals surface area contributed by atoms with Crippen LogP contribution >= 0.6 is 23.2 Å². The number of pyridine rings is 1. The van der Waals surface area contributed by atoms with E-state index in [1.807, 2.05) is 17.9 Å². The summed E-state index contributed by atoms with van der Waals surface area (Å²) in [7, 11) is 1.00. The van der Waals surface area contributed by atoms with Crippen LogP contribution < -0.4 is 5.32 Å². The van der Waals surface area contributed by atoms with E-state index in [4.69, 9.17) is 28.3 Å². The molecule has 1 atom stereocenters. The average Bonchev–Trinajstić information content (AvgIpc) is 3.44. The number of nitriles is 1. The van der Waals surface area contributed by atoms with Gasteiger partial charge in [0.05, 0.1) is 27.7 Å². The number of nitrogens with one attached hydrogen (secondary N) is 2. The Morgan fingerprint density at radius 3 is 2.60 bits per heavy atom. The van der Waals surface area contributed by atoms with Crippen LogP contribution in [0.3, 0.4) is 0 Å². The summed E-state index contributed by atoms with van der Waals surface area (Å²) in [5.41, 5.74) is 4.17. The number of carbonyl (C=O) groups excluding carboxylic acids is 1. The zero-order valence-corrected chi connectivity index (χ0v) is 27.1. The van der Waals surface area contributed by atoms with Crippen LogP contribution in [0.4, 0.5) is 4.39 Å². The SMILES string of the molecule is C1NC2CC1C2.CO.Cc1nc2c(F)c(-c3cccc(Cl)c3Cl)c(CCC#N)cc2c2[nH]c(C3CCCN3C(=O)C3CC3)cc12. The number of hydrogen-bond acceptors (Lipinski definition) is 5. The first-order valence-electron chi connectivity index (χ1n) is 15.8. The number of nitrogens with zero attached hydrogens (tertiary/aromatic N) is 3. The number of H-pyrrole nitrogens is 1. The lowest BCUT2D eigenvalue weighted by molar-refractivity contribution is -0.133. The molecule has 2 bridgehead atoms. The molecule has 4 aromatic rings. The van der Waals surface area contributed by atoms with E-state index in [0.717, 1.165) is 67.9 Å². The minimum absolute atomic E-state index is 0.0117. The van der Waals surface area contributed by atoms with Crippen molar-refractivity contribution < 1.29 is 14.3 Å². The molecule has 10 heteroatoms. The van der Waals surface area contributed by atoms with E-state index in [1.165, 1.54) is 19.4 Å². The van der Waals surface area contributed by atoms with Gasteiger partial charge in [0, 0.05) is 65.3 Å². The first-order chi connectivity index (χ1) is 21.8. The quantitative estimate of drug-likeness (QED) is 0.206. The second-order valence-corrected chi connectivity index (χ2v) is 13.3. The maximum atomic E-state index is 16.3. The van der Waals surface area contributed by atoms with Gasteiger partial charge in [0.1, 0.15) is 5.52 Å². The second-order valence-electron chi connectivity index (χ2n) is 12.5. The Bertz CT molecular complexity index is 1780. The number of hydrogen-bond donors (Lipinski definition) is 3. The van der Waals surface area contributed by atoms with Crippen molar-refractivity contribution in [1.82, 2.24) is 20.2 Å². The Hall–Kier alpha value is -3.22. The number of aliphatic hydroxyl groups excluding tert-OH is 1. The van der Waals surface area contributed by atoms with E-state index in [2.05, 4.69) is 27.4 Å². The molecule has 5 fully saturated rings. The largest absolute Gasteiger partial charge is 0.400 e. The van der Waals surface area contributed by atoms with Gasteiger partial charge in [-0.15, -0.1) is 0 Å². The van der Waals surface area contributed by atoms with E-state index in [-0.39, 0.29) is 34.8 Å². The minimum atomic E-state index is -0.484. The van der Waals surface area contributed by atoms with Crippen molar-refractivity contribution in [2.45, 2.75) is 70.4 Å². The van der Waals surface area contributed by atoms with Crippen molar-refractivity contribution in [3.8, 4) is 17.2 Å². The molecule has 236 valence electrons. The number of aliphatic hydroxyl groups is 1. The Kier molecular flexibility index (Phi) is 9.35. The van der Waals surface area contributed by atoms with Gasteiger partial charge in [-0.3, -0.25) is 4.79 Å². The van der Waals surface area contributed by atoms with Gasteiger partial charge >= 0.3 is 0 Å². The Morgan fingerprint density at radius 2 is 1.96 bits per heavy atom. The summed E-state index contributed by atoms with van der Waals surface area (Å²) in [6.07, 6.45) is 7.35. The fourth-order valence-corrected chi connectivity index (χ4v) is 7.46. The maximum Gasteiger partial charge on any atom is 0.226 e. The summed E-state index contributed by atoms with van der Waals surface area (Å²) in [5.74, 6) is 1.01. The molecule has 9 rings (SSSR count). The number of aromatic amines is 1. The van der Waals surface area contributed by atoms with Gasteiger partial charge in [-0.25, -0.2) is 9.37 Å².